The van der Waals surface area contributed by atoms with Crippen LogP contribution >= 0.6 is 0 Å². The molecular weight excluding hydrogens is 215 g/mol. The van der Waals surface area contributed by atoms with Crippen molar-refractivity contribution < 1.29 is 4.39 Å². The summed E-state index contributed by atoms with van der Waals surface area (Å²) in [4.78, 5) is 0. The maximum absolute atomic E-state index is 12.8. The number of rotatable bonds is 3. The van der Waals surface area contributed by atoms with Crippen LogP contribution in [0.4, 0.5) is 4.39 Å². The molecule has 0 unspecified atom stereocenters. The zero-order valence-electron chi connectivity index (χ0n) is 9.44. The standard InChI is InChI=1S/C14H15FN2/c15-13-6-4-10(5-7-13)11-2-1-3-12(8-11)14(17)9-16/h1-8,14H,9,16-17H2/t14-/m0/s1. The summed E-state index contributed by atoms with van der Waals surface area (Å²) in [5.41, 5.74) is 14.4. The first-order valence-electron chi connectivity index (χ1n) is 5.52. The van der Waals surface area contributed by atoms with Crippen molar-refractivity contribution in [3.05, 3.63) is 59.9 Å². The Morgan fingerprint density at radius 2 is 1.71 bits per heavy atom. The quantitative estimate of drug-likeness (QED) is 0.851. The Labute approximate surface area is 100 Å². The van der Waals surface area contributed by atoms with E-state index < -0.39 is 0 Å². The summed E-state index contributed by atoms with van der Waals surface area (Å²) >= 11 is 0. The van der Waals surface area contributed by atoms with Gasteiger partial charge in [0.1, 0.15) is 5.82 Å². The summed E-state index contributed by atoms with van der Waals surface area (Å²) in [5.74, 6) is -0.233. The lowest BCUT2D eigenvalue weighted by molar-refractivity contribution is 0.628. The highest BCUT2D eigenvalue weighted by molar-refractivity contribution is 5.64. The lowest BCUT2D eigenvalue weighted by Gasteiger charge is -2.11. The molecule has 2 aromatic carbocycles. The zero-order chi connectivity index (χ0) is 12.3. The van der Waals surface area contributed by atoms with E-state index in [2.05, 4.69) is 0 Å². The first-order chi connectivity index (χ1) is 8.20. The highest BCUT2D eigenvalue weighted by Crippen LogP contribution is 2.22. The van der Waals surface area contributed by atoms with Crippen molar-refractivity contribution in [2.75, 3.05) is 6.54 Å². The molecule has 2 aromatic rings. The van der Waals surface area contributed by atoms with Gasteiger partial charge in [-0.05, 0) is 34.9 Å². The summed E-state index contributed by atoms with van der Waals surface area (Å²) in [6, 6.07) is 14.1. The van der Waals surface area contributed by atoms with Gasteiger partial charge >= 0.3 is 0 Å². The summed E-state index contributed by atoms with van der Waals surface area (Å²) in [7, 11) is 0. The largest absolute Gasteiger partial charge is 0.329 e. The number of halogens is 1. The molecule has 0 heterocycles. The summed E-state index contributed by atoms with van der Waals surface area (Å²) in [6.07, 6.45) is 0. The van der Waals surface area contributed by atoms with Gasteiger partial charge in [-0.3, -0.25) is 0 Å². The maximum Gasteiger partial charge on any atom is 0.123 e. The van der Waals surface area contributed by atoms with Gasteiger partial charge in [0.05, 0.1) is 0 Å². The van der Waals surface area contributed by atoms with Gasteiger partial charge in [-0.1, -0.05) is 30.3 Å². The molecule has 3 heteroatoms. The number of hydrogen-bond acceptors (Lipinski definition) is 2. The SMILES string of the molecule is NC[C@H](N)c1cccc(-c2ccc(F)cc2)c1. The van der Waals surface area contributed by atoms with E-state index in [0.717, 1.165) is 16.7 Å². The summed E-state index contributed by atoms with van der Waals surface area (Å²) < 4.78 is 12.8. The highest BCUT2D eigenvalue weighted by atomic mass is 19.1. The third kappa shape index (κ3) is 2.70. The third-order valence-corrected chi connectivity index (χ3v) is 2.75. The van der Waals surface area contributed by atoms with Crippen molar-refractivity contribution in [1.29, 1.82) is 0 Å². The van der Waals surface area contributed by atoms with E-state index in [1.54, 1.807) is 12.1 Å². The van der Waals surface area contributed by atoms with E-state index >= 15 is 0 Å². The van der Waals surface area contributed by atoms with Crippen molar-refractivity contribution in [3.63, 3.8) is 0 Å². The molecule has 0 aromatic heterocycles. The predicted molar refractivity (Wildman–Crippen MR) is 67.8 cm³/mol. The van der Waals surface area contributed by atoms with Crippen LogP contribution in [0, 0.1) is 5.82 Å². The van der Waals surface area contributed by atoms with Crippen LogP contribution in [0.25, 0.3) is 11.1 Å². The number of benzene rings is 2. The average Bonchev–Trinajstić information content (AvgIpc) is 2.39. The molecule has 0 spiro atoms. The normalized spacial score (nSPS) is 12.4. The van der Waals surface area contributed by atoms with Crippen LogP contribution in [0.5, 0.6) is 0 Å². The molecule has 0 aliphatic carbocycles. The first-order valence-corrected chi connectivity index (χ1v) is 5.52. The van der Waals surface area contributed by atoms with E-state index in [-0.39, 0.29) is 11.9 Å². The second-order valence-electron chi connectivity index (χ2n) is 3.97. The summed E-state index contributed by atoms with van der Waals surface area (Å²) in [5, 5.41) is 0. The minimum Gasteiger partial charge on any atom is -0.329 e. The van der Waals surface area contributed by atoms with E-state index in [4.69, 9.17) is 11.5 Å². The number of hydrogen-bond donors (Lipinski definition) is 2. The average molecular weight is 230 g/mol. The third-order valence-electron chi connectivity index (χ3n) is 2.75. The fourth-order valence-corrected chi connectivity index (χ4v) is 1.73. The van der Waals surface area contributed by atoms with E-state index in [0.29, 0.717) is 6.54 Å². The molecule has 2 nitrogen and oxygen atoms in total. The van der Waals surface area contributed by atoms with E-state index in [1.165, 1.54) is 12.1 Å². The molecule has 0 saturated carbocycles. The lowest BCUT2D eigenvalue weighted by atomic mass is 10.00. The zero-order valence-corrected chi connectivity index (χ0v) is 9.44. The van der Waals surface area contributed by atoms with Gasteiger partial charge in [-0.25, -0.2) is 4.39 Å². The van der Waals surface area contributed by atoms with Gasteiger partial charge in [-0.15, -0.1) is 0 Å². The smallest absolute Gasteiger partial charge is 0.123 e. The van der Waals surface area contributed by atoms with Crippen LogP contribution in [0.1, 0.15) is 11.6 Å². The molecular formula is C14H15FN2. The van der Waals surface area contributed by atoms with Crippen LogP contribution in [0.3, 0.4) is 0 Å². The van der Waals surface area contributed by atoms with Crippen LogP contribution in [-0.2, 0) is 0 Å². The molecule has 2 rings (SSSR count). The van der Waals surface area contributed by atoms with Gasteiger partial charge in [0.2, 0.25) is 0 Å². The van der Waals surface area contributed by atoms with Crippen LogP contribution < -0.4 is 11.5 Å². The van der Waals surface area contributed by atoms with Crippen molar-refractivity contribution >= 4 is 0 Å². The highest BCUT2D eigenvalue weighted by Gasteiger charge is 2.05. The molecule has 0 bridgehead atoms. The Hall–Kier alpha value is -1.71. The Balaban J connectivity index is 2.36. The first kappa shape index (κ1) is 11.8. The molecule has 0 radical (unpaired) electrons. The molecule has 0 fully saturated rings. The molecule has 0 aliphatic heterocycles. The van der Waals surface area contributed by atoms with Gasteiger partial charge in [0.25, 0.3) is 0 Å². The Bertz CT molecular complexity index is 494. The van der Waals surface area contributed by atoms with Crippen molar-refractivity contribution in [2.45, 2.75) is 6.04 Å². The molecule has 17 heavy (non-hydrogen) atoms. The minimum atomic E-state index is -0.233. The Morgan fingerprint density at radius 3 is 2.35 bits per heavy atom. The lowest BCUT2D eigenvalue weighted by Crippen LogP contribution is -2.20. The van der Waals surface area contributed by atoms with Crippen molar-refractivity contribution in [3.8, 4) is 11.1 Å². The Morgan fingerprint density at radius 1 is 1.00 bits per heavy atom. The second kappa shape index (κ2) is 5.08. The van der Waals surface area contributed by atoms with Crippen molar-refractivity contribution in [1.82, 2.24) is 0 Å². The number of nitrogens with two attached hydrogens (primary N) is 2. The van der Waals surface area contributed by atoms with Gasteiger partial charge in [0.15, 0.2) is 0 Å². The summed E-state index contributed by atoms with van der Waals surface area (Å²) in [6.45, 7) is 0.410. The molecule has 0 amide bonds. The van der Waals surface area contributed by atoms with Gasteiger partial charge in [0, 0.05) is 12.6 Å². The topological polar surface area (TPSA) is 52.0 Å². The second-order valence-corrected chi connectivity index (χ2v) is 3.97. The molecule has 88 valence electrons. The van der Waals surface area contributed by atoms with Crippen LogP contribution in [-0.4, -0.2) is 6.54 Å². The fourth-order valence-electron chi connectivity index (χ4n) is 1.73. The maximum atomic E-state index is 12.8. The van der Waals surface area contributed by atoms with Gasteiger partial charge in [-0.2, -0.15) is 0 Å². The molecule has 0 aliphatic rings. The molecule has 1 atom stereocenters. The van der Waals surface area contributed by atoms with Crippen molar-refractivity contribution in [2.24, 2.45) is 11.5 Å². The minimum absolute atomic E-state index is 0.157. The molecule has 4 N–H and O–H groups in total. The molecule has 0 saturated heterocycles. The van der Waals surface area contributed by atoms with E-state index in [1.807, 2.05) is 24.3 Å². The van der Waals surface area contributed by atoms with Crippen LogP contribution in [0.2, 0.25) is 0 Å². The predicted octanol–water partition coefficient (Wildman–Crippen LogP) is 2.45. The fraction of sp³-hybridized carbons (Fsp3) is 0.143. The van der Waals surface area contributed by atoms with Crippen LogP contribution in [0.15, 0.2) is 48.5 Å². The Kier molecular flexibility index (Phi) is 3.52. The van der Waals surface area contributed by atoms with Gasteiger partial charge < -0.3 is 11.5 Å². The monoisotopic (exact) mass is 230 g/mol. The van der Waals surface area contributed by atoms with E-state index in [9.17, 15) is 4.39 Å².